The summed E-state index contributed by atoms with van der Waals surface area (Å²) in [7, 11) is 0. The molecule has 0 aromatic heterocycles. The standard InChI is InChI=1S/C23H24O3/c1-18-12-21(16-25-14-19-8-4-2-5-9-19)13-22(23(18)24)17-26-15-20-10-6-3-7-11-20/h2-13,24H,14-17H2,1H3. The van der Waals surface area contributed by atoms with Crippen LogP contribution in [0.4, 0.5) is 0 Å². The highest BCUT2D eigenvalue weighted by atomic mass is 16.5. The topological polar surface area (TPSA) is 38.7 Å². The Labute approximate surface area is 154 Å². The molecular formula is C23H24O3. The second-order valence-corrected chi connectivity index (χ2v) is 6.38. The van der Waals surface area contributed by atoms with E-state index in [0.29, 0.717) is 32.2 Å². The Morgan fingerprint density at radius 3 is 1.73 bits per heavy atom. The van der Waals surface area contributed by atoms with Crippen LogP contribution in [-0.2, 0) is 35.9 Å². The number of phenolic OH excluding ortho intramolecular Hbond substituents is 1. The van der Waals surface area contributed by atoms with E-state index in [0.717, 1.165) is 27.8 Å². The number of phenols is 1. The molecule has 3 heteroatoms. The van der Waals surface area contributed by atoms with Gasteiger partial charge in [-0.05, 0) is 35.2 Å². The van der Waals surface area contributed by atoms with Gasteiger partial charge in [0.2, 0.25) is 0 Å². The fraction of sp³-hybridized carbons (Fsp3) is 0.217. The maximum atomic E-state index is 10.3. The Bertz CT molecular complexity index is 814. The van der Waals surface area contributed by atoms with Gasteiger partial charge in [0.05, 0.1) is 26.4 Å². The van der Waals surface area contributed by atoms with E-state index in [1.54, 1.807) is 0 Å². The fourth-order valence-electron chi connectivity index (χ4n) is 2.84. The van der Waals surface area contributed by atoms with E-state index >= 15 is 0 Å². The van der Waals surface area contributed by atoms with Gasteiger partial charge in [0, 0.05) is 5.56 Å². The number of hydrogen-bond acceptors (Lipinski definition) is 3. The largest absolute Gasteiger partial charge is 0.507 e. The van der Waals surface area contributed by atoms with Crippen molar-refractivity contribution in [2.45, 2.75) is 33.4 Å². The molecule has 3 nitrogen and oxygen atoms in total. The molecule has 0 fully saturated rings. The van der Waals surface area contributed by atoms with Crippen LogP contribution >= 0.6 is 0 Å². The number of benzene rings is 3. The number of ether oxygens (including phenoxy) is 2. The molecule has 0 radical (unpaired) electrons. The predicted molar refractivity (Wildman–Crippen MR) is 103 cm³/mol. The normalized spacial score (nSPS) is 10.8. The van der Waals surface area contributed by atoms with Gasteiger partial charge in [0.1, 0.15) is 5.75 Å². The minimum absolute atomic E-state index is 0.296. The first kappa shape index (κ1) is 18.2. The number of aromatic hydroxyl groups is 1. The van der Waals surface area contributed by atoms with Crippen LogP contribution in [0.5, 0.6) is 5.75 Å². The van der Waals surface area contributed by atoms with Crippen LogP contribution in [0, 0.1) is 6.92 Å². The summed E-state index contributed by atoms with van der Waals surface area (Å²) in [5, 5.41) is 10.3. The molecule has 0 bridgehead atoms. The lowest BCUT2D eigenvalue weighted by Gasteiger charge is -2.12. The van der Waals surface area contributed by atoms with Crippen LogP contribution in [0.15, 0.2) is 72.8 Å². The van der Waals surface area contributed by atoms with Gasteiger partial charge >= 0.3 is 0 Å². The molecule has 0 aliphatic rings. The molecule has 0 atom stereocenters. The van der Waals surface area contributed by atoms with Crippen molar-refractivity contribution in [1.29, 1.82) is 0 Å². The van der Waals surface area contributed by atoms with Crippen molar-refractivity contribution in [2.24, 2.45) is 0 Å². The molecule has 0 aliphatic heterocycles. The first-order chi connectivity index (χ1) is 12.7. The molecule has 0 saturated heterocycles. The third kappa shape index (κ3) is 5.19. The lowest BCUT2D eigenvalue weighted by molar-refractivity contribution is 0.102. The van der Waals surface area contributed by atoms with Gasteiger partial charge in [0.25, 0.3) is 0 Å². The third-order valence-electron chi connectivity index (χ3n) is 4.19. The van der Waals surface area contributed by atoms with E-state index in [2.05, 4.69) is 0 Å². The van der Waals surface area contributed by atoms with E-state index in [9.17, 15) is 5.11 Å². The molecule has 0 spiro atoms. The third-order valence-corrected chi connectivity index (χ3v) is 4.19. The van der Waals surface area contributed by atoms with Crippen molar-refractivity contribution in [1.82, 2.24) is 0 Å². The van der Waals surface area contributed by atoms with Gasteiger partial charge in [-0.3, -0.25) is 0 Å². The van der Waals surface area contributed by atoms with Crippen LogP contribution in [0.2, 0.25) is 0 Å². The first-order valence-corrected chi connectivity index (χ1v) is 8.77. The van der Waals surface area contributed by atoms with Gasteiger partial charge in [-0.2, -0.15) is 0 Å². The highest BCUT2D eigenvalue weighted by molar-refractivity contribution is 5.42. The summed E-state index contributed by atoms with van der Waals surface area (Å²) in [5.41, 5.74) is 4.93. The number of hydrogen-bond donors (Lipinski definition) is 1. The summed E-state index contributed by atoms with van der Waals surface area (Å²) >= 11 is 0. The average molecular weight is 348 g/mol. The van der Waals surface area contributed by atoms with Crippen molar-refractivity contribution in [2.75, 3.05) is 0 Å². The quantitative estimate of drug-likeness (QED) is 0.613. The molecule has 3 aromatic carbocycles. The fourth-order valence-corrected chi connectivity index (χ4v) is 2.84. The summed E-state index contributed by atoms with van der Waals surface area (Å²) in [6.45, 7) is 3.86. The highest BCUT2D eigenvalue weighted by Gasteiger charge is 2.08. The molecule has 0 saturated carbocycles. The maximum absolute atomic E-state index is 10.3. The van der Waals surface area contributed by atoms with E-state index in [1.807, 2.05) is 79.7 Å². The zero-order chi connectivity index (χ0) is 18.2. The van der Waals surface area contributed by atoms with E-state index < -0.39 is 0 Å². The summed E-state index contributed by atoms with van der Waals surface area (Å²) in [6.07, 6.45) is 0. The lowest BCUT2D eigenvalue weighted by atomic mass is 10.1. The number of rotatable bonds is 8. The van der Waals surface area contributed by atoms with Crippen LogP contribution in [-0.4, -0.2) is 5.11 Å². The van der Waals surface area contributed by atoms with E-state index in [-0.39, 0.29) is 0 Å². The average Bonchev–Trinajstić information content (AvgIpc) is 2.67. The summed E-state index contributed by atoms with van der Waals surface area (Å²) in [4.78, 5) is 0. The molecule has 3 rings (SSSR count). The predicted octanol–water partition coefficient (Wildman–Crippen LogP) is 5.13. The van der Waals surface area contributed by atoms with Crippen molar-refractivity contribution in [3.63, 3.8) is 0 Å². The van der Waals surface area contributed by atoms with Crippen molar-refractivity contribution in [3.8, 4) is 5.75 Å². The molecule has 0 heterocycles. The summed E-state index contributed by atoms with van der Waals surface area (Å²) in [5.74, 6) is 0.296. The van der Waals surface area contributed by atoms with Crippen molar-refractivity contribution >= 4 is 0 Å². The number of aryl methyl sites for hydroxylation is 1. The van der Waals surface area contributed by atoms with Crippen LogP contribution in [0.1, 0.15) is 27.8 Å². The molecule has 1 N–H and O–H groups in total. The molecule has 0 aliphatic carbocycles. The molecule has 0 amide bonds. The van der Waals surface area contributed by atoms with Crippen molar-refractivity contribution in [3.05, 3.63) is 101 Å². The second kappa shape index (κ2) is 9.18. The molecule has 0 unspecified atom stereocenters. The monoisotopic (exact) mass is 348 g/mol. The van der Waals surface area contributed by atoms with Gasteiger partial charge < -0.3 is 14.6 Å². The smallest absolute Gasteiger partial charge is 0.124 e. The van der Waals surface area contributed by atoms with Crippen LogP contribution in [0.3, 0.4) is 0 Å². The lowest BCUT2D eigenvalue weighted by Crippen LogP contribution is -1.99. The Morgan fingerprint density at radius 2 is 1.15 bits per heavy atom. The van der Waals surface area contributed by atoms with E-state index in [1.165, 1.54) is 0 Å². The molecular weight excluding hydrogens is 324 g/mol. The highest BCUT2D eigenvalue weighted by Crippen LogP contribution is 2.25. The van der Waals surface area contributed by atoms with Crippen molar-refractivity contribution < 1.29 is 14.6 Å². The SMILES string of the molecule is Cc1cc(COCc2ccccc2)cc(COCc2ccccc2)c1O. The minimum atomic E-state index is 0.296. The summed E-state index contributed by atoms with van der Waals surface area (Å²) in [6, 6.07) is 24.0. The Balaban J connectivity index is 1.57. The molecule has 26 heavy (non-hydrogen) atoms. The Morgan fingerprint density at radius 1 is 0.654 bits per heavy atom. The first-order valence-electron chi connectivity index (χ1n) is 8.77. The minimum Gasteiger partial charge on any atom is -0.507 e. The maximum Gasteiger partial charge on any atom is 0.124 e. The molecule has 3 aromatic rings. The molecule has 134 valence electrons. The zero-order valence-corrected chi connectivity index (χ0v) is 15.0. The van der Waals surface area contributed by atoms with Crippen LogP contribution < -0.4 is 0 Å². The van der Waals surface area contributed by atoms with Crippen LogP contribution in [0.25, 0.3) is 0 Å². The summed E-state index contributed by atoms with van der Waals surface area (Å²) < 4.78 is 11.6. The second-order valence-electron chi connectivity index (χ2n) is 6.38. The van der Waals surface area contributed by atoms with E-state index in [4.69, 9.17) is 9.47 Å². The van der Waals surface area contributed by atoms with Gasteiger partial charge in [-0.15, -0.1) is 0 Å². The van der Waals surface area contributed by atoms with Gasteiger partial charge in [-0.25, -0.2) is 0 Å². The Hall–Kier alpha value is -2.62. The van der Waals surface area contributed by atoms with Gasteiger partial charge in [-0.1, -0.05) is 66.7 Å². The van der Waals surface area contributed by atoms with Gasteiger partial charge in [0.15, 0.2) is 0 Å². The zero-order valence-electron chi connectivity index (χ0n) is 15.0. The Kier molecular flexibility index (Phi) is 6.42.